The molecule has 0 fully saturated rings. The van der Waals surface area contributed by atoms with Gasteiger partial charge in [0.05, 0.1) is 29.0 Å². The number of pyridine rings is 1. The Kier molecular flexibility index (Phi) is 7.27. The third kappa shape index (κ3) is 5.62. The molecule has 0 unspecified atom stereocenters. The van der Waals surface area contributed by atoms with Crippen molar-refractivity contribution in [2.75, 3.05) is 0 Å². The summed E-state index contributed by atoms with van der Waals surface area (Å²) in [6.07, 6.45) is 3.11. The number of hydrogen-bond acceptors (Lipinski definition) is 6. The number of carboxylic acids is 1. The van der Waals surface area contributed by atoms with E-state index in [1.165, 1.54) is 10.9 Å². The first-order valence-corrected chi connectivity index (χ1v) is 8.26. The van der Waals surface area contributed by atoms with Crippen molar-refractivity contribution in [1.29, 1.82) is 0 Å². The van der Waals surface area contributed by atoms with E-state index in [1.54, 1.807) is 30.5 Å². The first-order valence-electron chi connectivity index (χ1n) is 7.88. The van der Waals surface area contributed by atoms with Crippen molar-refractivity contribution in [3.05, 3.63) is 59.3 Å². The molecule has 148 valence electrons. The summed E-state index contributed by atoms with van der Waals surface area (Å²) in [7, 11) is 0. The third-order valence-electron chi connectivity index (χ3n) is 3.54. The lowest BCUT2D eigenvalue weighted by Gasteiger charge is -2.07. The molecule has 8 nitrogen and oxygen atoms in total. The van der Waals surface area contributed by atoms with Gasteiger partial charge in [0.1, 0.15) is 5.75 Å². The Hall–Kier alpha value is -2.75. The molecule has 0 aliphatic heterocycles. The number of nitrogens with zero attached hydrogens (tertiary/aromatic N) is 4. The fourth-order valence-corrected chi connectivity index (χ4v) is 2.48. The number of halogens is 3. The molecule has 0 saturated carbocycles. The van der Waals surface area contributed by atoms with Crippen LogP contribution in [0.1, 0.15) is 12.1 Å². The van der Waals surface area contributed by atoms with Gasteiger partial charge < -0.3 is 15.6 Å². The maximum Gasteiger partial charge on any atom is 0.304 e. The van der Waals surface area contributed by atoms with Gasteiger partial charge in [0.15, 0.2) is 5.82 Å². The number of aliphatic carboxylic acids is 1. The number of rotatable bonds is 7. The van der Waals surface area contributed by atoms with Crippen molar-refractivity contribution in [2.24, 2.45) is 5.73 Å². The zero-order chi connectivity index (χ0) is 19.4. The summed E-state index contributed by atoms with van der Waals surface area (Å²) in [5.74, 6) is -1.42. The summed E-state index contributed by atoms with van der Waals surface area (Å²) in [5.41, 5.74) is 7.02. The summed E-state index contributed by atoms with van der Waals surface area (Å²) in [5, 5.41) is 16.9. The standard InChI is InChI=1S/C17H15ClFN5O3.ClH/c18-10-5-15(19)17(21-8-10)27-14-3-1-13(2-4-14)24-9-12(22-23-24)6-11(20)7-16(25)26;/h1-5,8-9,11H,6-7,20H2,(H,25,26);1H/t11-;/m0./s1. The topological polar surface area (TPSA) is 116 Å². The first-order chi connectivity index (χ1) is 12.9. The molecule has 0 aliphatic rings. The highest BCUT2D eigenvalue weighted by Gasteiger charge is 2.12. The Morgan fingerprint density at radius 2 is 2.07 bits per heavy atom. The normalized spacial score (nSPS) is 11.5. The Morgan fingerprint density at radius 3 is 2.71 bits per heavy atom. The predicted octanol–water partition coefficient (Wildman–Crippen LogP) is 3.01. The van der Waals surface area contributed by atoms with Crippen LogP contribution in [0.3, 0.4) is 0 Å². The Bertz CT molecular complexity index is 952. The number of nitrogens with two attached hydrogens (primary N) is 1. The summed E-state index contributed by atoms with van der Waals surface area (Å²) in [6, 6.07) is 7.25. The van der Waals surface area contributed by atoms with E-state index in [4.69, 9.17) is 27.2 Å². The highest BCUT2D eigenvalue weighted by Crippen LogP contribution is 2.24. The highest BCUT2D eigenvalue weighted by atomic mass is 35.5. The van der Waals surface area contributed by atoms with E-state index in [-0.39, 0.29) is 29.7 Å². The Morgan fingerprint density at radius 1 is 1.36 bits per heavy atom. The van der Waals surface area contributed by atoms with Gasteiger partial charge in [-0.2, -0.15) is 0 Å². The molecule has 3 N–H and O–H groups in total. The molecule has 0 aliphatic carbocycles. The van der Waals surface area contributed by atoms with Gasteiger partial charge in [-0.05, 0) is 30.3 Å². The van der Waals surface area contributed by atoms with E-state index in [0.29, 0.717) is 23.6 Å². The molecule has 3 rings (SSSR count). The van der Waals surface area contributed by atoms with Crippen molar-refractivity contribution in [3.8, 4) is 17.3 Å². The van der Waals surface area contributed by atoms with Gasteiger partial charge >= 0.3 is 5.97 Å². The van der Waals surface area contributed by atoms with Gasteiger partial charge in [0.25, 0.3) is 5.88 Å². The van der Waals surface area contributed by atoms with E-state index >= 15 is 0 Å². The minimum Gasteiger partial charge on any atom is -0.481 e. The van der Waals surface area contributed by atoms with Gasteiger partial charge in [-0.15, -0.1) is 17.5 Å². The van der Waals surface area contributed by atoms with Gasteiger partial charge in [0, 0.05) is 18.7 Å². The van der Waals surface area contributed by atoms with E-state index in [9.17, 15) is 9.18 Å². The lowest BCUT2D eigenvalue weighted by atomic mass is 10.1. The van der Waals surface area contributed by atoms with E-state index < -0.39 is 17.8 Å². The van der Waals surface area contributed by atoms with Gasteiger partial charge in [-0.3, -0.25) is 4.79 Å². The van der Waals surface area contributed by atoms with Gasteiger partial charge in [-0.1, -0.05) is 16.8 Å². The quantitative estimate of drug-likeness (QED) is 0.594. The molecule has 1 atom stereocenters. The molecule has 0 amide bonds. The molecule has 2 aromatic heterocycles. The maximum absolute atomic E-state index is 13.7. The second kappa shape index (κ2) is 9.45. The van der Waals surface area contributed by atoms with Crippen LogP contribution in [0.4, 0.5) is 4.39 Å². The molecule has 3 aromatic rings. The van der Waals surface area contributed by atoms with E-state index in [0.717, 1.165) is 6.07 Å². The van der Waals surface area contributed by atoms with Crippen molar-refractivity contribution < 1.29 is 19.0 Å². The molecule has 28 heavy (non-hydrogen) atoms. The minimum atomic E-state index is -0.961. The lowest BCUT2D eigenvalue weighted by Crippen LogP contribution is -2.26. The molecular weight excluding hydrogens is 412 g/mol. The summed E-state index contributed by atoms with van der Waals surface area (Å²) in [4.78, 5) is 14.5. The summed E-state index contributed by atoms with van der Waals surface area (Å²) in [6.45, 7) is 0. The van der Waals surface area contributed by atoms with Crippen molar-refractivity contribution >= 4 is 30.0 Å². The molecule has 0 radical (unpaired) electrons. The number of benzene rings is 1. The van der Waals surface area contributed by atoms with Crippen LogP contribution in [0.25, 0.3) is 5.69 Å². The molecule has 1 aromatic carbocycles. The van der Waals surface area contributed by atoms with Crippen molar-refractivity contribution in [3.63, 3.8) is 0 Å². The second-order valence-corrected chi connectivity index (χ2v) is 6.19. The molecule has 2 heterocycles. The van der Waals surface area contributed by atoms with Crippen LogP contribution >= 0.6 is 24.0 Å². The predicted molar refractivity (Wildman–Crippen MR) is 102 cm³/mol. The average molecular weight is 428 g/mol. The molecular formula is C17H16Cl2FN5O3. The number of aromatic nitrogens is 4. The molecule has 0 bridgehead atoms. The monoisotopic (exact) mass is 427 g/mol. The van der Waals surface area contributed by atoms with Crippen LogP contribution in [-0.2, 0) is 11.2 Å². The summed E-state index contributed by atoms with van der Waals surface area (Å²) >= 11 is 5.66. The van der Waals surface area contributed by atoms with Crippen LogP contribution in [0.2, 0.25) is 5.02 Å². The first kappa shape index (κ1) is 21.5. The minimum absolute atomic E-state index is 0. The SMILES string of the molecule is Cl.N[C@H](CC(=O)O)Cc1cn(-c2ccc(Oc3ncc(Cl)cc3F)cc2)nn1. The number of carboxylic acid groups (broad SMARTS) is 1. The van der Waals surface area contributed by atoms with E-state index in [1.807, 2.05) is 0 Å². The van der Waals surface area contributed by atoms with Crippen LogP contribution in [0.15, 0.2) is 42.7 Å². The van der Waals surface area contributed by atoms with Crippen LogP contribution in [0, 0.1) is 5.82 Å². The number of hydrogen-bond donors (Lipinski definition) is 2. The van der Waals surface area contributed by atoms with Crippen LogP contribution in [-0.4, -0.2) is 37.1 Å². The maximum atomic E-state index is 13.7. The summed E-state index contributed by atoms with van der Waals surface area (Å²) < 4.78 is 20.6. The fourth-order valence-electron chi connectivity index (χ4n) is 2.34. The van der Waals surface area contributed by atoms with Gasteiger partial charge in [0.2, 0.25) is 0 Å². The third-order valence-corrected chi connectivity index (χ3v) is 3.75. The van der Waals surface area contributed by atoms with E-state index in [2.05, 4.69) is 15.3 Å². The Labute approximate surface area is 170 Å². The lowest BCUT2D eigenvalue weighted by molar-refractivity contribution is -0.137. The van der Waals surface area contributed by atoms with Crippen molar-refractivity contribution in [1.82, 2.24) is 20.0 Å². The molecule has 11 heteroatoms. The molecule has 0 spiro atoms. The largest absolute Gasteiger partial charge is 0.481 e. The number of ether oxygens (including phenoxy) is 1. The average Bonchev–Trinajstić information content (AvgIpc) is 3.05. The second-order valence-electron chi connectivity index (χ2n) is 5.75. The van der Waals surface area contributed by atoms with Crippen LogP contribution in [0.5, 0.6) is 11.6 Å². The highest BCUT2D eigenvalue weighted by molar-refractivity contribution is 6.30. The number of carbonyl (C=O) groups is 1. The zero-order valence-corrected chi connectivity index (χ0v) is 15.9. The smallest absolute Gasteiger partial charge is 0.304 e. The van der Waals surface area contributed by atoms with Crippen molar-refractivity contribution in [2.45, 2.75) is 18.9 Å². The van der Waals surface area contributed by atoms with Gasteiger partial charge in [-0.25, -0.2) is 14.1 Å². The zero-order valence-electron chi connectivity index (χ0n) is 14.3. The van der Waals surface area contributed by atoms with Crippen LogP contribution < -0.4 is 10.5 Å². The fraction of sp³-hybridized carbons (Fsp3) is 0.176. The Balaban J connectivity index is 0.00000280. The molecule has 0 saturated heterocycles.